The number of likely N-dealkylation sites (tertiary alicyclic amines) is 1. The lowest BCUT2D eigenvalue weighted by atomic mass is 9.91. The molecule has 2 aromatic carbocycles. The minimum atomic E-state index is -0.694. The number of imidazole rings is 2. The van der Waals surface area contributed by atoms with Crippen LogP contribution in [-0.2, 0) is 45.3 Å². The first kappa shape index (κ1) is 54.3. The van der Waals surface area contributed by atoms with Crippen LogP contribution in [0.15, 0.2) is 54.6 Å². The van der Waals surface area contributed by atoms with Gasteiger partial charge in [-0.2, -0.15) is 10.2 Å². The number of primary amides is 2. The molecule has 2 aliphatic rings. The molecule has 0 bridgehead atoms. The first-order valence-corrected chi connectivity index (χ1v) is 25.4. The number of anilines is 2. The van der Waals surface area contributed by atoms with Gasteiger partial charge in [-0.3, -0.25) is 53.7 Å². The Morgan fingerprint density at radius 3 is 2.03 bits per heavy atom. The number of fused-ring (bicyclic) bond motifs is 2. The molecule has 76 heavy (non-hydrogen) atoms. The Kier molecular flexibility index (Phi) is 17.2. The van der Waals surface area contributed by atoms with Crippen LogP contribution >= 0.6 is 0 Å². The average molecular weight is 1050 g/mol. The maximum absolute atomic E-state index is 13.9. The van der Waals surface area contributed by atoms with Crippen LogP contribution in [0.4, 0.5) is 11.9 Å². The van der Waals surface area contributed by atoms with Crippen LogP contribution < -0.4 is 38.1 Å². The second kappa shape index (κ2) is 24.1. The van der Waals surface area contributed by atoms with Gasteiger partial charge in [0.25, 0.3) is 11.8 Å². The summed E-state index contributed by atoms with van der Waals surface area (Å²) in [5.74, 6) is 3.24. The third-order valence-electron chi connectivity index (χ3n) is 13.3. The highest BCUT2D eigenvalue weighted by molar-refractivity contribution is 6.05. The molecule has 6 amide bonds. The van der Waals surface area contributed by atoms with E-state index in [1.807, 2.05) is 26.0 Å². The van der Waals surface area contributed by atoms with Gasteiger partial charge in [-0.25, -0.2) is 15.9 Å². The lowest BCUT2D eigenvalue weighted by molar-refractivity contribution is -0.188. The third-order valence-corrected chi connectivity index (χ3v) is 13.3. The molecule has 0 aliphatic carbocycles. The molecular weight excluding hydrogens is 981 g/mol. The summed E-state index contributed by atoms with van der Waals surface area (Å²) >= 11 is 0. The van der Waals surface area contributed by atoms with Crippen LogP contribution in [0.3, 0.4) is 0 Å². The predicted molar refractivity (Wildman–Crippen MR) is 280 cm³/mol. The van der Waals surface area contributed by atoms with E-state index >= 15 is 0 Å². The first-order chi connectivity index (χ1) is 36.6. The number of nitrogens with zero attached hydrogens (tertiary/aromatic N) is 10. The molecule has 2 aliphatic heterocycles. The lowest BCUT2D eigenvalue weighted by Gasteiger charge is -2.54. The number of benzene rings is 2. The van der Waals surface area contributed by atoms with Gasteiger partial charge in [0.15, 0.2) is 0 Å². The number of nitrogens with one attached hydrogen (secondary N) is 3. The van der Waals surface area contributed by atoms with Crippen molar-refractivity contribution in [2.75, 3.05) is 69.7 Å². The number of morpholine rings is 1. The van der Waals surface area contributed by atoms with Gasteiger partial charge in [0.2, 0.25) is 35.5 Å². The average Bonchev–Trinajstić information content (AvgIpc) is 4.18. The topological polar surface area (TPSA) is 322 Å². The first-order valence-electron chi connectivity index (χ1n) is 25.4. The summed E-state index contributed by atoms with van der Waals surface area (Å²) in [7, 11) is 0. The Morgan fingerprint density at radius 1 is 0.750 bits per heavy atom. The number of allylic oxidation sites excluding steroid dienone is 2. The van der Waals surface area contributed by atoms with Crippen molar-refractivity contribution in [2.45, 2.75) is 91.6 Å². The maximum Gasteiger partial charge on any atom is 0.276 e. The molecular formula is C51H66N16O9. The molecule has 9 N–H and O–H groups in total. The summed E-state index contributed by atoms with van der Waals surface area (Å²) < 4.78 is 19.4. The number of carbonyl (C=O) groups is 6. The number of rotatable bonds is 25. The second-order valence-electron chi connectivity index (χ2n) is 18.9. The standard InChI is InChI=1S/C51H66N16O9/c1-5-66-39(23-32(3)60-66)47(72)58-49-56-36-25-34(45(52)70)14-15-38(36)64(49)17-9-10-18-65-44-37(57-50(65)59-48(73)40-24-33(4)61-67(40)6-2)26-35(46(53)71)27-41(44)74-20-12-16-62-29-51(30-62)31-63(19-22-75-51)43(69)28-55-42(68)13-8-7-11-21-76-54/h9-10,14-15,23-27H,5-8,11-13,16-22,28-31,54H2,1-4H3,(H2,52,70)(H2,53,71)(H,55,68)(H,56,58,72)(H,57,59,73)/b10-9+. The smallest absolute Gasteiger partial charge is 0.276 e. The summed E-state index contributed by atoms with van der Waals surface area (Å²) in [4.78, 5) is 95.9. The van der Waals surface area contributed by atoms with Crippen molar-refractivity contribution in [3.8, 4) is 5.75 Å². The molecule has 0 unspecified atom stereocenters. The molecule has 0 atom stereocenters. The normalized spacial score (nSPS) is 14.4. The second-order valence-corrected chi connectivity index (χ2v) is 18.9. The molecule has 6 aromatic rings. The van der Waals surface area contributed by atoms with E-state index in [4.69, 9.17) is 31.8 Å². The van der Waals surface area contributed by atoms with Crippen LogP contribution in [-0.4, -0.2) is 149 Å². The number of hydrogen-bond donors (Lipinski definition) is 6. The van der Waals surface area contributed by atoms with Crippen LogP contribution in [0.5, 0.6) is 5.75 Å². The van der Waals surface area contributed by atoms with Crippen molar-refractivity contribution in [3.05, 3.63) is 88.5 Å². The number of unbranched alkanes of at least 4 members (excludes halogenated alkanes) is 2. The number of aromatic nitrogens is 8. The van der Waals surface area contributed by atoms with E-state index in [9.17, 15) is 28.8 Å². The van der Waals surface area contributed by atoms with Gasteiger partial charge < -0.3 is 45.1 Å². The van der Waals surface area contributed by atoms with Gasteiger partial charge in [0.05, 0.1) is 60.8 Å². The fourth-order valence-electron chi connectivity index (χ4n) is 9.62. The zero-order valence-corrected chi connectivity index (χ0v) is 43.3. The van der Waals surface area contributed by atoms with E-state index in [1.165, 1.54) is 0 Å². The van der Waals surface area contributed by atoms with Crippen molar-refractivity contribution in [1.82, 2.24) is 53.8 Å². The van der Waals surface area contributed by atoms with Gasteiger partial charge in [0.1, 0.15) is 28.3 Å². The van der Waals surface area contributed by atoms with E-state index in [2.05, 4.69) is 40.9 Å². The number of hydrogen-bond acceptors (Lipinski definition) is 15. The van der Waals surface area contributed by atoms with E-state index in [0.717, 1.165) is 12.8 Å². The van der Waals surface area contributed by atoms with Gasteiger partial charge in [-0.1, -0.05) is 18.6 Å². The minimum absolute atomic E-state index is 0.0702. The van der Waals surface area contributed by atoms with Crippen LogP contribution in [0.1, 0.15) is 99.0 Å². The fraction of sp³-hybridized carbons (Fsp3) is 0.451. The van der Waals surface area contributed by atoms with Crippen molar-refractivity contribution < 1.29 is 43.1 Å². The van der Waals surface area contributed by atoms with Gasteiger partial charge in [-0.15, -0.1) is 0 Å². The SMILES string of the molecule is CCn1nc(C)cc1C(=O)Nc1nc2cc(C(N)=O)ccc2n1C/C=C/Cn1c(NC(=O)c2cc(C)nn2CC)nc2cc(C(N)=O)cc(OCCCN3CC4(C3)CN(C(=O)CNC(=O)CCCCCON)CCO4)c21. The summed E-state index contributed by atoms with van der Waals surface area (Å²) in [5.41, 5.74) is 15.3. The number of carbonyl (C=O) groups excluding carboxylic acids is 6. The molecule has 2 saturated heterocycles. The van der Waals surface area contributed by atoms with E-state index in [-0.39, 0.29) is 61.1 Å². The number of aryl methyl sites for hydroxylation is 4. The number of amides is 6. The van der Waals surface area contributed by atoms with Crippen LogP contribution in [0.25, 0.3) is 22.1 Å². The van der Waals surface area contributed by atoms with Crippen LogP contribution in [0.2, 0.25) is 0 Å². The number of nitrogens with two attached hydrogens (primary N) is 3. The quantitative estimate of drug-likeness (QED) is 0.0273. The van der Waals surface area contributed by atoms with Crippen molar-refractivity contribution in [2.24, 2.45) is 17.4 Å². The fourth-order valence-corrected chi connectivity index (χ4v) is 9.62. The molecule has 25 nitrogen and oxygen atoms in total. The third kappa shape index (κ3) is 12.6. The molecule has 0 radical (unpaired) electrons. The molecule has 25 heteroatoms. The molecule has 4 aromatic heterocycles. The largest absolute Gasteiger partial charge is 0.491 e. The summed E-state index contributed by atoms with van der Waals surface area (Å²) in [6, 6.07) is 11.4. The zero-order chi connectivity index (χ0) is 54.1. The maximum atomic E-state index is 13.9. The van der Waals surface area contributed by atoms with Gasteiger partial charge in [-0.05, 0) is 89.4 Å². The molecule has 6 heterocycles. The number of ether oxygens (including phenoxy) is 2. The monoisotopic (exact) mass is 1050 g/mol. The molecule has 1 spiro atoms. The van der Waals surface area contributed by atoms with Crippen molar-refractivity contribution >= 4 is 69.4 Å². The summed E-state index contributed by atoms with van der Waals surface area (Å²) in [6.45, 7) is 12.4. The Morgan fingerprint density at radius 2 is 1.38 bits per heavy atom. The Labute approximate surface area is 438 Å². The lowest BCUT2D eigenvalue weighted by Crippen LogP contribution is -2.70. The van der Waals surface area contributed by atoms with Crippen LogP contribution in [0, 0.1) is 13.8 Å². The molecule has 8 rings (SSSR count). The highest BCUT2D eigenvalue weighted by atomic mass is 16.6. The van der Waals surface area contributed by atoms with Crippen molar-refractivity contribution in [3.63, 3.8) is 0 Å². The van der Waals surface area contributed by atoms with E-state index in [1.54, 1.807) is 79.7 Å². The minimum Gasteiger partial charge on any atom is -0.491 e. The van der Waals surface area contributed by atoms with Gasteiger partial charge in [0, 0.05) is 69.9 Å². The molecule has 0 saturated carbocycles. The van der Waals surface area contributed by atoms with Crippen molar-refractivity contribution in [1.29, 1.82) is 0 Å². The Hall–Kier alpha value is -8.00. The van der Waals surface area contributed by atoms with E-state index < -0.39 is 29.2 Å². The molecule has 404 valence electrons. The Balaban J connectivity index is 0.983. The predicted octanol–water partition coefficient (Wildman–Crippen LogP) is 2.64. The van der Waals surface area contributed by atoms with Gasteiger partial charge >= 0.3 is 0 Å². The zero-order valence-electron chi connectivity index (χ0n) is 43.3. The van der Waals surface area contributed by atoms with E-state index in [0.29, 0.717) is 129 Å². The highest BCUT2D eigenvalue weighted by Crippen LogP contribution is 2.33. The summed E-state index contributed by atoms with van der Waals surface area (Å²) in [5, 5.41) is 17.5. The molecule has 2 fully saturated rings. The summed E-state index contributed by atoms with van der Waals surface area (Å²) in [6.07, 6.45) is 6.88. The highest BCUT2D eigenvalue weighted by Gasteiger charge is 2.47. The Bertz CT molecular complexity index is 3160.